The summed E-state index contributed by atoms with van der Waals surface area (Å²) in [5.41, 5.74) is 23.6. The van der Waals surface area contributed by atoms with E-state index in [9.17, 15) is 51.3 Å². The lowest BCUT2D eigenvalue weighted by molar-refractivity contribution is -0.134. The van der Waals surface area contributed by atoms with Crippen molar-refractivity contribution in [2.24, 2.45) is 39.1 Å². The second-order valence-corrected chi connectivity index (χ2v) is 17.6. The molecule has 0 aliphatic heterocycles. The van der Waals surface area contributed by atoms with E-state index in [0.29, 0.717) is 29.0 Å². The minimum Gasteiger partial charge on any atom is -0.383 e. The maximum absolute atomic E-state index is 14.1. The number of ketones is 1. The van der Waals surface area contributed by atoms with E-state index in [1.165, 1.54) is 56.3 Å². The molecule has 0 saturated carbocycles. The van der Waals surface area contributed by atoms with Crippen LogP contribution in [-0.2, 0) is 38.9 Å². The number of hydrogen-bond donors (Lipinski definition) is 10. The van der Waals surface area contributed by atoms with Crippen LogP contribution < -0.4 is 54.4 Å². The SMILES string of the molecule is CC(C)[C@H](NC(=O)[C@H](CCC(N)=O)NC(=O)[C@H](CC(N)=O)NC(=O)c1ccc(N=Nc2ccc(N(C)C)cc2)cc1)C(=O)N[C@@H](CC(N)=O)C(=O)c1ccc2c(NCCN)cccc2c1S(=O)(=O)O. The van der Waals surface area contributed by atoms with E-state index in [4.69, 9.17) is 22.9 Å². The van der Waals surface area contributed by atoms with Crippen molar-refractivity contribution in [2.45, 2.75) is 68.6 Å². The van der Waals surface area contributed by atoms with E-state index in [2.05, 4.69) is 36.8 Å². The summed E-state index contributed by atoms with van der Waals surface area (Å²) >= 11 is 0. The van der Waals surface area contributed by atoms with Gasteiger partial charge in [0.15, 0.2) is 5.78 Å². The van der Waals surface area contributed by atoms with Crippen LogP contribution >= 0.6 is 0 Å². The molecular weight excluding hydrogens is 917 g/mol. The zero-order valence-electron chi connectivity index (χ0n) is 38.2. The first-order valence-corrected chi connectivity index (χ1v) is 22.8. The molecule has 0 aromatic heterocycles. The van der Waals surface area contributed by atoms with Crippen molar-refractivity contribution in [1.29, 1.82) is 0 Å². The highest BCUT2D eigenvalue weighted by atomic mass is 32.2. The highest BCUT2D eigenvalue weighted by molar-refractivity contribution is 7.86. The predicted molar refractivity (Wildman–Crippen MR) is 255 cm³/mol. The molecule has 0 saturated heterocycles. The minimum absolute atomic E-state index is 0.0491. The van der Waals surface area contributed by atoms with Crippen LogP contribution in [-0.4, -0.2) is 111 Å². The molecule has 4 aromatic rings. The van der Waals surface area contributed by atoms with Gasteiger partial charge >= 0.3 is 0 Å². The van der Waals surface area contributed by atoms with Gasteiger partial charge in [-0.2, -0.15) is 18.6 Å². The van der Waals surface area contributed by atoms with E-state index >= 15 is 0 Å². The Balaban J connectivity index is 1.54. The molecule has 0 radical (unpaired) electrons. The smallest absolute Gasteiger partial charge is 0.295 e. The van der Waals surface area contributed by atoms with Crippen molar-refractivity contribution < 1.29 is 51.3 Å². The summed E-state index contributed by atoms with van der Waals surface area (Å²) in [4.78, 5) is 106. The molecule has 7 amide bonds. The molecule has 0 heterocycles. The topological polar surface area (TPSA) is 383 Å². The van der Waals surface area contributed by atoms with Crippen LogP contribution in [0.5, 0.6) is 0 Å². The van der Waals surface area contributed by atoms with Gasteiger partial charge in [-0.05, 0) is 73.0 Å². The van der Waals surface area contributed by atoms with E-state index < -0.39 is 123 Å². The monoisotopic (exact) mass is 972 g/mol. The summed E-state index contributed by atoms with van der Waals surface area (Å²) in [5, 5.41) is 21.2. The fraction of sp³-hybridized carbons (Fsp3) is 0.333. The average Bonchev–Trinajstić information content (AvgIpc) is 3.28. The third-order valence-corrected chi connectivity index (χ3v) is 11.4. The summed E-state index contributed by atoms with van der Waals surface area (Å²) in [6, 6.07) is 13.4. The lowest BCUT2D eigenvalue weighted by Crippen LogP contribution is -2.59. The molecule has 23 nitrogen and oxygen atoms in total. The van der Waals surface area contributed by atoms with Crippen LogP contribution in [0, 0.1) is 5.92 Å². The molecule has 4 atom stereocenters. The number of carbonyl (C=O) groups excluding carboxylic acids is 8. The average molecular weight is 973 g/mol. The van der Waals surface area contributed by atoms with Gasteiger partial charge in [0.25, 0.3) is 16.0 Å². The molecule has 0 aliphatic rings. The van der Waals surface area contributed by atoms with Gasteiger partial charge < -0.3 is 54.4 Å². The lowest BCUT2D eigenvalue weighted by atomic mass is 9.96. The number of nitrogens with two attached hydrogens (primary N) is 4. The van der Waals surface area contributed by atoms with E-state index in [-0.39, 0.29) is 17.5 Å². The first-order chi connectivity index (χ1) is 32.5. The first-order valence-electron chi connectivity index (χ1n) is 21.4. The normalized spacial score (nSPS) is 13.1. The number of primary amides is 3. The number of nitrogens with one attached hydrogen (secondary N) is 5. The molecule has 24 heteroatoms. The maximum Gasteiger partial charge on any atom is 0.295 e. The summed E-state index contributed by atoms with van der Waals surface area (Å²) in [6.45, 7) is 3.53. The van der Waals surface area contributed by atoms with Gasteiger partial charge in [0.2, 0.25) is 35.4 Å². The van der Waals surface area contributed by atoms with Crippen LogP contribution in [0.15, 0.2) is 94.0 Å². The Bertz CT molecular complexity index is 2710. The van der Waals surface area contributed by atoms with Crippen molar-refractivity contribution >= 4 is 90.8 Å². The van der Waals surface area contributed by atoms with Gasteiger partial charge in [-0.1, -0.05) is 32.0 Å². The van der Waals surface area contributed by atoms with E-state index in [0.717, 1.165) is 11.8 Å². The highest BCUT2D eigenvalue weighted by Gasteiger charge is 2.36. The van der Waals surface area contributed by atoms with Crippen LogP contribution in [0.3, 0.4) is 0 Å². The summed E-state index contributed by atoms with van der Waals surface area (Å²) in [5.74, 6) is -8.89. The van der Waals surface area contributed by atoms with Gasteiger partial charge in [-0.25, -0.2) is 0 Å². The maximum atomic E-state index is 14.1. The third kappa shape index (κ3) is 15.3. The Labute approximate surface area is 397 Å². The first kappa shape index (κ1) is 53.8. The van der Waals surface area contributed by atoms with E-state index in [1.807, 2.05) is 31.1 Å². The zero-order chi connectivity index (χ0) is 51.2. The molecule has 368 valence electrons. The van der Waals surface area contributed by atoms with Crippen molar-refractivity contribution in [2.75, 3.05) is 37.4 Å². The second-order valence-electron chi connectivity index (χ2n) is 16.3. The molecule has 14 N–H and O–H groups in total. The molecule has 0 fully saturated rings. The molecule has 0 aliphatic carbocycles. The largest absolute Gasteiger partial charge is 0.383 e. The van der Waals surface area contributed by atoms with Gasteiger partial charge in [-0.3, -0.25) is 42.9 Å². The summed E-state index contributed by atoms with van der Waals surface area (Å²) < 4.78 is 36.1. The Morgan fingerprint density at radius 2 is 1.23 bits per heavy atom. The summed E-state index contributed by atoms with van der Waals surface area (Å²) in [6.07, 6.45) is -2.47. The Morgan fingerprint density at radius 1 is 0.667 bits per heavy atom. The minimum atomic E-state index is -5.14. The lowest BCUT2D eigenvalue weighted by Gasteiger charge is -2.28. The zero-order valence-corrected chi connectivity index (χ0v) is 39.0. The molecular formula is C45H56N12O11S. The number of anilines is 2. The standard InChI is InChI=1S/C45H56N12O11S/c1-24(2)39(45(65)52-34(22-37(48)59)40(61)31-17-16-29-30(41(31)69(66,67)68)6-5-7-32(29)50-21-20-46)54-43(63)33(18-19-36(47)58)51-44(64)35(23-38(49)60)53-42(62)25-8-10-26(11-9-25)55-56-27-12-14-28(15-13-27)57(3)4/h5-17,24,33-35,39,50H,18-23,46H2,1-4H3,(H2,47,58)(H2,48,59)(H2,49,60)(H,51,64)(H,52,65)(H,53,62)(H,54,63)(H,66,67,68)/t33-,34-,35-,39-/m0/s1. The number of benzene rings is 4. The fourth-order valence-corrected chi connectivity index (χ4v) is 7.81. The molecule has 4 aromatic carbocycles. The van der Waals surface area contributed by atoms with Gasteiger partial charge in [0.1, 0.15) is 29.1 Å². The third-order valence-electron chi connectivity index (χ3n) is 10.4. The predicted octanol–water partition coefficient (Wildman–Crippen LogP) is 1.05. The van der Waals surface area contributed by atoms with Gasteiger partial charge in [0, 0.05) is 66.9 Å². The van der Waals surface area contributed by atoms with Crippen molar-refractivity contribution in [1.82, 2.24) is 21.3 Å². The molecule has 0 unspecified atom stereocenters. The number of hydrogen-bond acceptors (Lipinski definition) is 15. The number of rotatable bonds is 25. The fourth-order valence-electron chi connectivity index (χ4n) is 6.90. The van der Waals surface area contributed by atoms with Gasteiger partial charge in [-0.15, -0.1) is 0 Å². The number of Topliss-reactive ketones (excluding diaryl/α,β-unsaturated/α-hetero) is 1. The van der Waals surface area contributed by atoms with Crippen LogP contribution in [0.1, 0.15) is 60.2 Å². The molecule has 4 rings (SSSR count). The van der Waals surface area contributed by atoms with Crippen LogP contribution in [0.25, 0.3) is 10.8 Å². The number of amides is 7. The quantitative estimate of drug-likeness (QED) is 0.0252. The van der Waals surface area contributed by atoms with Crippen molar-refractivity contribution in [3.63, 3.8) is 0 Å². The van der Waals surface area contributed by atoms with Crippen molar-refractivity contribution in [3.8, 4) is 0 Å². The Kier molecular flexibility index (Phi) is 18.9. The number of nitrogens with zero attached hydrogens (tertiary/aromatic N) is 3. The number of carbonyl (C=O) groups is 8. The highest BCUT2D eigenvalue weighted by Crippen LogP contribution is 2.32. The molecule has 0 bridgehead atoms. The van der Waals surface area contributed by atoms with Crippen LogP contribution in [0.4, 0.5) is 22.7 Å². The molecule has 69 heavy (non-hydrogen) atoms. The number of azo groups is 1. The van der Waals surface area contributed by atoms with Crippen molar-refractivity contribution in [3.05, 3.63) is 90.0 Å². The second kappa shape index (κ2) is 24.3. The van der Waals surface area contributed by atoms with Crippen LogP contribution in [0.2, 0.25) is 0 Å². The number of fused-ring (bicyclic) bond motifs is 1. The Morgan fingerprint density at radius 3 is 1.77 bits per heavy atom. The summed E-state index contributed by atoms with van der Waals surface area (Å²) in [7, 11) is -1.34. The molecule has 0 spiro atoms. The van der Waals surface area contributed by atoms with E-state index in [1.54, 1.807) is 18.2 Å². The Hall–Kier alpha value is -7.83. The van der Waals surface area contributed by atoms with Gasteiger partial charge in [0.05, 0.1) is 24.2 Å².